The highest BCUT2D eigenvalue weighted by Gasteiger charge is 2.25. The Labute approximate surface area is 176 Å². The molecule has 1 saturated heterocycles. The standard InChI is InChI=1S/C21H30N4O5/c1-14(19(26)25-10-12-28-13-11-25)29-17-7-5-6-15-16(23-24-18(15)17)8-9-22-20(27)30-21(2,3)4/h5-7,14H,8-13H2,1-4H3,(H,22,27)(H,23,24)/t14-/m0/s1. The Bertz CT molecular complexity index is 883. The number of carbonyl (C=O) groups excluding carboxylic acids is 2. The van der Waals surface area contributed by atoms with E-state index in [4.69, 9.17) is 14.2 Å². The molecule has 30 heavy (non-hydrogen) atoms. The number of alkyl carbamates (subject to hydrolysis) is 1. The second-order valence-electron chi connectivity index (χ2n) is 8.23. The fourth-order valence-corrected chi connectivity index (χ4v) is 3.24. The second kappa shape index (κ2) is 9.34. The number of carbonyl (C=O) groups is 2. The first-order chi connectivity index (χ1) is 14.2. The van der Waals surface area contributed by atoms with Crippen molar-refractivity contribution in [3.63, 3.8) is 0 Å². The molecule has 3 rings (SSSR count). The Kier molecular flexibility index (Phi) is 6.81. The maximum Gasteiger partial charge on any atom is 0.407 e. The van der Waals surface area contributed by atoms with Crippen LogP contribution in [0.25, 0.3) is 10.9 Å². The minimum atomic E-state index is -0.623. The number of nitrogens with one attached hydrogen (secondary N) is 2. The number of ether oxygens (including phenoxy) is 3. The van der Waals surface area contributed by atoms with Gasteiger partial charge in [-0.3, -0.25) is 9.89 Å². The Morgan fingerprint density at radius 1 is 1.30 bits per heavy atom. The molecule has 0 radical (unpaired) electrons. The highest BCUT2D eigenvalue weighted by molar-refractivity contribution is 5.88. The zero-order valence-electron chi connectivity index (χ0n) is 18.0. The Balaban J connectivity index is 1.62. The smallest absolute Gasteiger partial charge is 0.407 e. The van der Waals surface area contributed by atoms with Crippen LogP contribution in [0.4, 0.5) is 4.79 Å². The number of morpholine rings is 1. The lowest BCUT2D eigenvalue weighted by Crippen LogP contribution is -2.46. The molecule has 1 aromatic heterocycles. The Hall–Kier alpha value is -2.81. The van der Waals surface area contributed by atoms with Crippen molar-refractivity contribution in [2.24, 2.45) is 0 Å². The van der Waals surface area contributed by atoms with Gasteiger partial charge in [-0.1, -0.05) is 12.1 Å². The lowest BCUT2D eigenvalue weighted by Gasteiger charge is -2.29. The van der Waals surface area contributed by atoms with Crippen LogP contribution in [-0.2, 0) is 20.7 Å². The van der Waals surface area contributed by atoms with E-state index in [0.717, 1.165) is 11.1 Å². The summed E-state index contributed by atoms with van der Waals surface area (Å²) in [5.74, 6) is 0.483. The largest absolute Gasteiger partial charge is 0.479 e. The molecule has 1 aromatic carbocycles. The van der Waals surface area contributed by atoms with E-state index >= 15 is 0 Å². The van der Waals surface area contributed by atoms with E-state index in [9.17, 15) is 9.59 Å². The van der Waals surface area contributed by atoms with E-state index in [-0.39, 0.29) is 5.91 Å². The van der Waals surface area contributed by atoms with Crippen molar-refractivity contribution in [1.82, 2.24) is 20.4 Å². The summed E-state index contributed by atoms with van der Waals surface area (Å²) in [5.41, 5.74) is 0.997. The van der Waals surface area contributed by atoms with Crippen molar-refractivity contribution in [2.75, 3.05) is 32.8 Å². The molecule has 0 spiro atoms. The van der Waals surface area contributed by atoms with Crippen molar-refractivity contribution in [3.8, 4) is 5.75 Å². The van der Waals surface area contributed by atoms with Gasteiger partial charge in [-0.05, 0) is 33.8 Å². The zero-order chi connectivity index (χ0) is 21.7. The molecule has 2 N–H and O–H groups in total. The Morgan fingerprint density at radius 3 is 2.73 bits per heavy atom. The van der Waals surface area contributed by atoms with Gasteiger partial charge in [0.25, 0.3) is 5.91 Å². The summed E-state index contributed by atoms with van der Waals surface area (Å²) >= 11 is 0. The number of hydrogen-bond donors (Lipinski definition) is 2. The van der Waals surface area contributed by atoms with Gasteiger partial charge >= 0.3 is 6.09 Å². The Morgan fingerprint density at radius 2 is 2.03 bits per heavy atom. The van der Waals surface area contributed by atoms with Crippen LogP contribution in [0.15, 0.2) is 18.2 Å². The summed E-state index contributed by atoms with van der Waals surface area (Å²) in [6.07, 6.45) is -0.518. The second-order valence-corrected chi connectivity index (χ2v) is 8.23. The molecule has 0 aliphatic carbocycles. The molecule has 1 fully saturated rings. The van der Waals surface area contributed by atoms with Gasteiger partial charge in [0.2, 0.25) is 0 Å². The molecule has 0 saturated carbocycles. The van der Waals surface area contributed by atoms with Crippen LogP contribution >= 0.6 is 0 Å². The van der Waals surface area contributed by atoms with Gasteiger partial charge in [-0.2, -0.15) is 5.10 Å². The summed E-state index contributed by atoms with van der Waals surface area (Å²) in [6.45, 7) is 9.87. The first-order valence-corrected chi connectivity index (χ1v) is 10.2. The SMILES string of the molecule is C[C@H](Oc1cccc2c(CCNC(=O)OC(C)(C)C)[nH]nc12)C(=O)N1CCOCC1. The minimum absolute atomic E-state index is 0.0624. The van der Waals surface area contributed by atoms with E-state index in [0.29, 0.717) is 50.5 Å². The van der Waals surface area contributed by atoms with Crippen molar-refractivity contribution in [1.29, 1.82) is 0 Å². The number of aromatic nitrogens is 2. The summed E-state index contributed by atoms with van der Waals surface area (Å²) in [6, 6.07) is 5.60. The van der Waals surface area contributed by atoms with Crippen LogP contribution in [0.1, 0.15) is 33.4 Å². The maximum atomic E-state index is 12.6. The van der Waals surface area contributed by atoms with Gasteiger partial charge < -0.3 is 24.4 Å². The van der Waals surface area contributed by atoms with Gasteiger partial charge in [0.05, 0.1) is 13.2 Å². The van der Waals surface area contributed by atoms with E-state index in [1.165, 1.54) is 0 Å². The number of rotatable bonds is 6. The van der Waals surface area contributed by atoms with Crippen LogP contribution in [0.3, 0.4) is 0 Å². The zero-order valence-corrected chi connectivity index (χ0v) is 18.0. The molecule has 1 atom stereocenters. The molecule has 2 aromatic rings. The van der Waals surface area contributed by atoms with Crippen LogP contribution < -0.4 is 10.1 Å². The van der Waals surface area contributed by atoms with Crippen LogP contribution in [0.2, 0.25) is 0 Å². The van der Waals surface area contributed by atoms with Crippen LogP contribution in [0.5, 0.6) is 5.75 Å². The van der Waals surface area contributed by atoms with E-state index in [1.807, 2.05) is 32.9 Å². The van der Waals surface area contributed by atoms with Crippen LogP contribution in [-0.4, -0.2) is 71.7 Å². The number of para-hydroxylation sites is 1. The average molecular weight is 418 g/mol. The van der Waals surface area contributed by atoms with Crippen molar-refractivity contribution in [3.05, 3.63) is 23.9 Å². The van der Waals surface area contributed by atoms with Gasteiger partial charge in [-0.15, -0.1) is 0 Å². The minimum Gasteiger partial charge on any atom is -0.479 e. The molecular formula is C21H30N4O5. The number of nitrogens with zero attached hydrogens (tertiary/aromatic N) is 2. The predicted molar refractivity (Wildman–Crippen MR) is 112 cm³/mol. The third kappa shape index (κ3) is 5.63. The fourth-order valence-electron chi connectivity index (χ4n) is 3.24. The van der Waals surface area contributed by atoms with Crippen LogP contribution in [0, 0.1) is 0 Å². The molecular weight excluding hydrogens is 388 g/mol. The lowest BCUT2D eigenvalue weighted by molar-refractivity contribution is -0.142. The first kappa shape index (κ1) is 21.9. The fraction of sp³-hybridized carbons (Fsp3) is 0.571. The van der Waals surface area contributed by atoms with E-state index < -0.39 is 17.8 Å². The topological polar surface area (TPSA) is 106 Å². The number of amides is 2. The summed E-state index contributed by atoms with van der Waals surface area (Å²) in [7, 11) is 0. The van der Waals surface area contributed by atoms with Gasteiger partial charge in [0.1, 0.15) is 16.9 Å². The highest BCUT2D eigenvalue weighted by atomic mass is 16.6. The number of benzene rings is 1. The predicted octanol–water partition coefficient (Wildman–Crippen LogP) is 2.26. The van der Waals surface area contributed by atoms with Gasteiger partial charge in [0.15, 0.2) is 6.10 Å². The molecule has 9 heteroatoms. The normalized spacial score (nSPS) is 15.7. The van der Waals surface area contributed by atoms with Crippen molar-refractivity contribution < 1.29 is 23.8 Å². The van der Waals surface area contributed by atoms with E-state index in [2.05, 4.69) is 15.5 Å². The quantitative estimate of drug-likeness (QED) is 0.745. The summed E-state index contributed by atoms with van der Waals surface area (Å²) in [5, 5.41) is 11.0. The summed E-state index contributed by atoms with van der Waals surface area (Å²) in [4.78, 5) is 26.2. The van der Waals surface area contributed by atoms with Crippen molar-refractivity contribution >= 4 is 22.9 Å². The number of H-pyrrole nitrogens is 1. The molecule has 0 unspecified atom stereocenters. The maximum absolute atomic E-state index is 12.6. The molecule has 0 bridgehead atoms. The molecule has 9 nitrogen and oxygen atoms in total. The highest BCUT2D eigenvalue weighted by Crippen LogP contribution is 2.27. The van der Waals surface area contributed by atoms with Gasteiger partial charge in [0, 0.05) is 37.1 Å². The molecule has 2 amide bonds. The van der Waals surface area contributed by atoms with Gasteiger partial charge in [-0.25, -0.2) is 4.79 Å². The summed E-state index contributed by atoms with van der Waals surface area (Å²) < 4.78 is 16.5. The monoisotopic (exact) mass is 418 g/mol. The number of fused-ring (bicyclic) bond motifs is 1. The third-order valence-corrected chi connectivity index (χ3v) is 4.64. The molecule has 2 heterocycles. The first-order valence-electron chi connectivity index (χ1n) is 10.2. The number of aromatic amines is 1. The lowest BCUT2D eigenvalue weighted by atomic mass is 10.1. The van der Waals surface area contributed by atoms with E-state index in [1.54, 1.807) is 17.9 Å². The van der Waals surface area contributed by atoms with Crippen molar-refractivity contribution in [2.45, 2.75) is 45.8 Å². The number of hydrogen-bond acceptors (Lipinski definition) is 6. The average Bonchev–Trinajstić information content (AvgIpc) is 3.11. The molecule has 1 aliphatic rings. The molecule has 1 aliphatic heterocycles. The molecule has 164 valence electrons. The third-order valence-electron chi connectivity index (χ3n) is 4.64.